The van der Waals surface area contributed by atoms with Gasteiger partial charge in [0.1, 0.15) is 0 Å². The predicted octanol–water partition coefficient (Wildman–Crippen LogP) is 0.949. The Morgan fingerprint density at radius 1 is 1.36 bits per heavy atom. The SMILES string of the molecule is CC(C)N1CCC2(CC(=O)N(C)C2)C1. The summed E-state index contributed by atoms with van der Waals surface area (Å²) in [6, 6.07) is 0.621. The summed E-state index contributed by atoms with van der Waals surface area (Å²) >= 11 is 0. The zero-order valence-electron chi connectivity index (χ0n) is 9.42. The van der Waals surface area contributed by atoms with Crippen LogP contribution in [0.1, 0.15) is 26.7 Å². The van der Waals surface area contributed by atoms with E-state index in [4.69, 9.17) is 0 Å². The summed E-state index contributed by atoms with van der Waals surface area (Å²) in [7, 11) is 1.93. The van der Waals surface area contributed by atoms with Crippen molar-refractivity contribution in [2.24, 2.45) is 5.41 Å². The van der Waals surface area contributed by atoms with Crippen LogP contribution in [0.15, 0.2) is 0 Å². The van der Waals surface area contributed by atoms with E-state index < -0.39 is 0 Å². The van der Waals surface area contributed by atoms with Crippen molar-refractivity contribution in [2.45, 2.75) is 32.7 Å². The highest BCUT2D eigenvalue weighted by atomic mass is 16.2. The number of amides is 1. The predicted molar refractivity (Wildman–Crippen MR) is 56.0 cm³/mol. The van der Waals surface area contributed by atoms with Crippen molar-refractivity contribution in [3.63, 3.8) is 0 Å². The minimum absolute atomic E-state index is 0.288. The molecule has 2 heterocycles. The maximum Gasteiger partial charge on any atom is 0.223 e. The van der Waals surface area contributed by atoms with Crippen LogP contribution in [0, 0.1) is 5.41 Å². The molecular weight excluding hydrogens is 176 g/mol. The molecule has 2 fully saturated rings. The largest absolute Gasteiger partial charge is 0.345 e. The summed E-state index contributed by atoms with van der Waals surface area (Å²) in [6.45, 7) is 7.72. The van der Waals surface area contributed by atoms with Crippen molar-refractivity contribution in [3.05, 3.63) is 0 Å². The lowest BCUT2D eigenvalue weighted by Crippen LogP contribution is -2.33. The van der Waals surface area contributed by atoms with Crippen LogP contribution in [0.4, 0.5) is 0 Å². The highest BCUT2D eigenvalue weighted by Crippen LogP contribution is 2.39. The number of carbonyl (C=O) groups is 1. The molecule has 0 bridgehead atoms. The fourth-order valence-electron chi connectivity index (χ4n) is 2.79. The van der Waals surface area contributed by atoms with Gasteiger partial charge < -0.3 is 9.80 Å². The Balaban J connectivity index is 2.04. The minimum Gasteiger partial charge on any atom is -0.345 e. The fourth-order valence-corrected chi connectivity index (χ4v) is 2.79. The highest BCUT2D eigenvalue weighted by Gasteiger charge is 2.46. The fraction of sp³-hybridized carbons (Fsp3) is 0.909. The third kappa shape index (κ3) is 1.54. The summed E-state index contributed by atoms with van der Waals surface area (Å²) in [5.41, 5.74) is 0.288. The van der Waals surface area contributed by atoms with Gasteiger partial charge >= 0.3 is 0 Å². The molecule has 0 radical (unpaired) electrons. The second-order valence-corrected chi connectivity index (χ2v) is 5.24. The van der Waals surface area contributed by atoms with Gasteiger partial charge in [-0.05, 0) is 26.8 Å². The lowest BCUT2D eigenvalue weighted by molar-refractivity contribution is -0.126. The maximum atomic E-state index is 11.5. The first kappa shape index (κ1) is 9.97. The average Bonchev–Trinajstić information content (AvgIpc) is 2.59. The van der Waals surface area contributed by atoms with Gasteiger partial charge in [0.05, 0.1) is 0 Å². The first-order valence-electron chi connectivity index (χ1n) is 5.50. The molecule has 0 aliphatic carbocycles. The molecular formula is C11H20N2O. The van der Waals surface area contributed by atoms with Gasteiger partial charge in [0.15, 0.2) is 0 Å². The monoisotopic (exact) mass is 196 g/mol. The summed E-state index contributed by atoms with van der Waals surface area (Å²) in [6.07, 6.45) is 1.97. The van der Waals surface area contributed by atoms with Crippen molar-refractivity contribution in [1.82, 2.24) is 9.80 Å². The molecule has 1 unspecified atom stereocenters. The van der Waals surface area contributed by atoms with Gasteiger partial charge in [-0.2, -0.15) is 0 Å². The van der Waals surface area contributed by atoms with Crippen LogP contribution in [-0.2, 0) is 4.79 Å². The third-order valence-electron chi connectivity index (χ3n) is 3.72. The third-order valence-corrected chi connectivity index (χ3v) is 3.72. The first-order valence-corrected chi connectivity index (χ1v) is 5.50. The molecule has 2 aliphatic heterocycles. The lowest BCUT2D eigenvalue weighted by atomic mass is 9.86. The van der Waals surface area contributed by atoms with Gasteiger partial charge in [0.25, 0.3) is 0 Å². The van der Waals surface area contributed by atoms with Gasteiger partial charge in [-0.25, -0.2) is 0 Å². The topological polar surface area (TPSA) is 23.6 Å². The second-order valence-electron chi connectivity index (χ2n) is 5.24. The van der Waals surface area contributed by atoms with Crippen molar-refractivity contribution in [1.29, 1.82) is 0 Å². The van der Waals surface area contributed by atoms with Gasteiger partial charge in [0.2, 0.25) is 5.91 Å². The Kier molecular flexibility index (Phi) is 2.30. The van der Waals surface area contributed by atoms with E-state index in [1.165, 1.54) is 13.0 Å². The molecule has 1 amide bonds. The van der Waals surface area contributed by atoms with Gasteiger partial charge in [-0.3, -0.25) is 4.79 Å². The number of likely N-dealkylation sites (tertiary alicyclic amines) is 2. The average molecular weight is 196 g/mol. The van der Waals surface area contributed by atoms with E-state index in [0.717, 1.165) is 19.5 Å². The van der Waals surface area contributed by atoms with E-state index in [9.17, 15) is 4.79 Å². The molecule has 0 saturated carbocycles. The Bertz CT molecular complexity index is 252. The molecule has 2 rings (SSSR count). The zero-order valence-corrected chi connectivity index (χ0v) is 9.42. The molecule has 80 valence electrons. The number of rotatable bonds is 1. The van der Waals surface area contributed by atoms with E-state index in [1.807, 2.05) is 11.9 Å². The summed E-state index contributed by atoms with van der Waals surface area (Å²) in [5, 5.41) is 0. The van der Waals surface area contributed by atoms with Crippen molar-refractivity contribution >= 4 is 5.91 Å². The Morgan fingerprint density at radius 3 is 2.50 bits per heavy atom. The molecule has 3 heteroatoms. The molecule has 2 saturated heterocycles. The van der Waals surface area contributed by atoms with E-state index in [2.05, 4.69) is 18.7 Å². The summed E-state index contributed by atoms with van der Waals surface area (Å²) in [5.74, 6) is 0.329. The smallest absolute Gasteiger partial charge is 0.223 e. The van der Waals surface area contributed by atoms with Gasteiger partial charge in [-0.15, -0.1) is 0 Å². The maximum absolute atomic E-state index is 11.5. The van der Waals surface area contributed by atoms with Crippen LogP contribution in [-0.4, -0.2) is 48.4 Å². The number of nitrogens with zero attached hydrogens (tertiary/aromatic N) is 2. The van der Waals surface area contributed by atoms with Crippen LogP contribution in [0.25, 0.3) is 0 Å². The number of hydrogen-bond acceptors (Lipinski definition) is 2. The summed E-state index contributed by atoms with van der Waals surface area (Å²) < 4.78 is 0. The molecule has 1 spiro atoms. The van der Waals surface area contributed by atoms with Crippen molar-refractivity contribution in [2.75, 3.05) is 26.7 Å². The van der Waals surface area contributed by atoms with E-state index in [1.54, 1.807) is 0 Å². The molecule has 1 atom stereocenters. The Morgan fingerprint density at radius 2 is 2.07 bits per heavy atom. The summed E-state index contributed by atoms with van der Waals surface area (Å²) in [4.78, 5) is 15.9. The van der Waals surface area contributed by atoms with Crippen LogP contribution in [0.5, 0.6) is 0 Å². The quantitative estimate of drug-likeness (QED) is 0.623. The van der Waals surface area contributed by atoms with Crippen LogP contribution >= 0.6 is 0 Å². The van der Waals surface area contributed by atoms with Crippen LogP contribution < -0.4 is 0 Å². The Labute approximate surface area is 86.1 Å². The van der Waals surface area contributed by atoms with Crippen LogP contribution in [0.3, 0.4) is 0 Å². The molecule has 0 aromatic carbocycles. The number of hydrogen-bond donors (Lipinski definition) is 0. The number of carbonyl (C=O) groups excluding carboxylic acids is 1. The van der Waals surface area contributed by atoms with Gasteiger partial charge in [0, 0.05) is 38.0 Å². The molecule has 14 heavy (non-hydrogen) atoms. The zero-order chi connectivity index (χ0) is 10.3. The highest BCUT2D eigenvalue weighted by molar-refractivity contribution is 5.79. The second kappa shape index (κ2) is 3.23. The Hall–Kier alpha value is -0.570. The molecule has 0 aromatic rings. The lowest BCUT2D eigenvalue weighted by Gasteiger charge is -2.25. The van der Waals surface area contributed by atoms with Crippen molar-refractivity contribution < 1.29 is 4.79 Å². The van der Waals surface area contributed by atoms with Crippen LogP contribution in [0.2, 0.25) is 0 Å². The normalized spacial score (nSPS) is 34.0. The van der Waals surface area contributed by atoms with E-state index >= 15 is 0 Å². The molecule has 3 nitrogen and oxygen atoms in total. The molecule has 0 aromatic heterocycles. The first-order chi connectivity index (χ1) is 6.52. The molecule has 0 N–H and O–H groups in total. The van der Waals surface area contributed by atoms with E-state index in [-0.39, 0.29) is 5.41 Å². The van der Waals surface area contributed by atoms with Crippen molar-refractivity contribution in [3.8, 4) is 0 Å². The standard InChI is InChI=1S/C11H20N2O/c1-9(2)13-5-4-11(8-13)6-10(14)12(3)7-11/h9H,4-8H2,1-3H3. The minimum atomic E-state index is 0.288. The van der Waals surface area contributed by atoms with E-state index in [0.29, 0.717) is 11.9 Å². The van der Waals surface area contributed by atoms with Gasteiger partial charge in [-0.1, -0.05) is 0 Å². The molecule has 2 aliphatic rings.